The molecule has 4 rings (SSSR count). The molecule has 0 aliphatic heterocycles. The second kappa shape index (κ2) is 8.67. The van der Waals surface area contributed by atoms with Crippen molar-refractivity contribution in [3.63, 3.8) is 0 Å². The number of carbonyl (C=O) groups excluding carboxylic acids is 1. The van der Waals surface area contributed by atoms with Gasteiger partial charge in [0.2, 0.25) is 0 Å². The van der Waals surface area contributed by atoms with Gasteiger partial charge in [-0.1, -0.05) is 31.1 Å². The van der Waals surface area contributed by atoms with E-state index in [2.05, 4.69) is 12.0 Å². The van der Waals surface area contributed by atoms with Crippen LogP contribution in [0.2, 0.25) is 0 Å². The van der Waals surface area contributed by atoms with Crippen molar-refractivity contribution in [1.82, 2.24) is 9.78 Å². The Morgan fingerprint density at radius 1 is 1.26 bits per heavy atom. The van der Waals surface area contributed by atoms with Crippen LogP contribution in [0.25, 0.3) is 11.3 Å². The predicted octanol–water partition coefficient (Wildman–Crippen LogP) is 5.81. The van der Waals surface area contributed by atoms with Crippen molar-refractivity contribution in [2.24, 2.45) is 7.05 Å². The lowest BCUT2D eigenvalue weighted by atomic mass is 9.91. The number of ether oxygens (including phenoxy) is 1. The van der Waals surface area contributed by atoms with Gasteiger partial charge in [-0.2, -0.15) is 5.10 Å². The molecule has 0 unspecified atom stereocenters. The number of Topliss-reactive ketones (excluding diaryl/α,β-unsaturated/α-hetero) is 1. The average Bonchev–Trinajstić information content (AvgIpc) is 3.29. The number of thiophene rings is 1. The molecule has 6 nitrogen and oxygen atoms in total. The van der Waals surface area contributed by atoms with E-state index >= 15 is 0 Å². The second-order valence-corrected chi connectivity index (χ2v) is 8.96. The molecule has 0 fully saturated rings. The molecular weight excluding hydrogens is 412 g/mol. The Balaban J connectivity index is 1.67. The number of nitrogens with zero attached hydrogens (tertiary/aromatic N) is 2. The van der Waals surface area contributed by atoms with E-state index in [4.69, 9.17) is 4.74 Å². The minimum absolute atomic E-state index is 0.152. The molecule has 0 amide bonds. The number of fused-ring (bicyclic) bond motifs is 3. The zero-order valence-corrected chi connectivity index (χ0v) is 18.8. The number of ketones is 1. The summed E-state index contributed by atoms with van der Waals surface area (Å²) in [5, 5.41) is 14.6. The molecule has 7 heteroatoms. The van der Waals surface area contributed by atoms with Crippen LogP contribution in [0.15, 0.2) is 24.4 Å². The largest absolute Gasteiger partial charge is 0.477 e. The normalized spacial score (nSPS) is 12.4. The molecule has 0 spiro atoms. The van der Waals surface area contributed by atoms with Crippen LogP contribution in [0.1, 0.15) is 69.3 Å². The van der Waals surface area contributed by atoms with Crippen LogP contribution in [0, 0.1) is 6.92 Å². The highest BCUT2D eigenvalue weighted by molar-refractivity contribution is 7.16. The lowest BCUT2D eigenvalue weighted by molar-refractivity contribution is 0.0700. The van der Waals surface area contributed by atoms with Crippen molar-refractivity contribution in [2.45, 2.75) is 52.4 Å². The number of unbranched alkanes of at least 4 members (excludes halogenated alkanes) is 2. The zero-order chi connectivity index (χ0) is 22.1. The van der Waals surface area contributed by atoms with E-state index in [0.29, 0.717) is 28.5 Å². The van der Waals surface area contributed by atoms with Gasteiger partial charge in [-0.3, -0.25) is 9.48 Å². The summed E-state index contributed by atoms with van der Waals surface area (Å²) in [6.45, 7) is 4.03. The highest BCUT2D eigenvalue weighted by Gasteiger charge is 2.31. The van der Waals surface area contributed by atoms with E-state index in [-0.39, 0.29) is 5.78 Å². The van der Waals surface area contributed by atoms with Crippen LogP contribution >= 0.6 is 11.3 Å². The fourth-order valence-electron chi connectivity index (χ4n) is 4.20. The highest BCUT2D eigenvalue weighted by Crippen LogP contribution is 2.48. The summed E-state index contributed by atoms with van der Waals surface area (Å²) in [7, 11) is 1.86. The number of carboxylic acid groups (broad SMARTS) is 1. The van der Waals surface area contributed by atoms with E-state index in [0.717, 1.165) is 70.5 Å². The molecule has 0 saturated carbocycles. The number of aromatic carboxylic acids is 1. The first-order valence-corrected chi connectivity index (χ1v) is 11.4. The molecule has 162 valence electrons. The van der Waals surface area contributed by atoms with Crippen LogP contribution < -0.4 is 4.74 Å². The third kappa shape index (κ3) is 4.02. The molecule has 0 radical (unpaired) electrons. The number of benzene rings is 1. The number of rotatable bonds is 8. The summed E-state index contributed by atoms with van der Waals surface area (Å²) in [6.07, 6.45) is 6.85. The van der Waals surface area contributed by atoms with Gasteiger partial charge in [-0.15, -0.1) is 0 Å². The van der Waals surface area contributed by atoms with E-state index in [1.807, 2.05) is 32.3 Å². The molecule has 3 aromatic rings. The summed E-state index contributed by atoms with van der Waals surface area (Å²) in [4.78, 5) is 24.7. The lowest BCUT2D eigenvalue weighted by Crippen LogP contribution is -2.08. The summed E-state index contributed by atoms with van der Waals surface area (Å²) in [5.74, 6) is -0.192. The Morgan fingerprint density at radius 3 is 2.77 bits per heavy atom. The van der Waals surface area contributed by atoms with Gasteiger partial charge in [-0.25, -0.2) is 4.79 Å². The minimum Gasteiger partial charge on any atom is -0.477 e. The lowest BCUT2D eigenvalue weighted by Gasteiger charge is -2.16. The van der Waals surface area contributed by atoms with Gasteiger partial charge in [0, 0.05) is 19.0 Å². The Labute approximate surface area is 185 Å². The molecule has 0 saturated heterocycles. The smallest absolute Gasteiger partial charge is 0.346 e. The second-order valence-electron chi connectivity index (χ2n) is 7.98. The van der Waals surface area contributed by atoms with Gasteiger partial charge >= 0.3 is 5.97 Å². The van der Waals surface area contributed by atoms with E-state index in [1.54, 1.807) is 10.7 Å². The molecule has 1 aliphatic rings. The third-order valence-electron chi connectivity index (χ3n) is 5.78. The van der Waals surface area contributed by atoms with Crippen molar-refractivity contribution in [2.75, 3.05) is 0 Å². The number of carbonyl (C=O) groups is 2. The average molecular weight is 439 g/mol. The molecule has 1 aliphatic carbocycles. The fourth-order valence-corrected chi connectivity index (χ4v) is 5.26. The first-order valence-electron chi connectivity index (χ1n) is 10.6. The predicted molar refractivity (Wildman–Crippen MR) is 121 cm³/mol. The topological polar surface area (TPSA) is 81.4 Å². The number of aryl methyl sites for hydroxylation is 3. The van der Waals surface area contributed by atoms with Gasteiger partial charge in [0.1, 0.15) is 10.6 Å². The molecule has 1 N–H and O–H groups in total. The summed E-state index contributed by atoms with van der Waals surface area (Å²) in [6, 6.07) is 5.46. The van der Waals surface area contributed by atoms with Gasteiger partial charge in [-0.05, 0) is 61.1 Å². The van der Waals surface area contributed by atoms with Crippen molar-refractivity contribution in [1.29, 1.82) is 0 Å². The maximum absolute atomic E-state index is 12.5. The highest BCUT2D eigenvalue weighted by atomic mass is 32.1. The van der Waals surface area contributed by atoms with Gasteiger partial charge < -0.3 is 9.84 Å². The standard InChI is InChI=1S/C24H26N2O4S/c1-4-5-6-7-19(27)17-11-9-16(12-14(17)2)30-24-20-18(22(31-24)23(28)29)10-8-15-13-25-26(3)21(15)20/h9,11-13H,4-8,10H2,1-3H3,(H,28,29). The van der Waals surface area contributed by atoms with Crippen LogP contribution in [0.5, 0.6) is 10.8 Å². The fraction of sp³-hybridized carbons (Fsp3) is 0.375. The SMILES string of the molecule is CCCCCC(=O)c1ccc(Oc2sc(C(=O)O)c3c2-c2c(cnn2C)CC3)cc1C. The van der Waals surface area contributed by atoms with Crippen molar-refractivity contribution in [3.8, 4) is 22.1 Å². The van der Waals surface area contributed by atoms with Gasteiger partial charge in [0.15, 0.2) is 10.8 Å². The number of hydrogen-bond acceptors (Lipinski definition) is 5. The molecule has 0 atom stereocenters. The molecule has 31 heavy (non-hydrogen) atoms. The van der Waals surface area contributed by atoms with Crippen molar-refractivity contribution < 1.29 is 19.4 Å². The maximum atomic E-state index is 12.5. The van der Waals surface area contributed by atoms with Crippen LogP contribution in [0.4, 0.5) is 0 Å². The first-order chi connectivity index (χ1) is 14.9. The number of aromatic nitrogens is 2. The Morgan fingerprint density at radius 2 is 2.06 bits per heavy atom. The Kier molecular flexibility index (Phi) is 5.96. The van der Waals surface area contributed by atoms with Crippen LogP contribution in [-0.4, -0.2) is 26.6 Å². The summed E-state index contributed by atoms with van der Waals surface area (Å²) < 4.78 is 7.99. The Bertz CT molecular complexity index is 1160. The molecular formula is C24H26N2O4S. The summed E-state index contributed by atoms with van der Waals surface area (Å²) >= 11 is 1.15. The van der Waals surface area contributed by atoms with Gasteiger partial charge in [0.25, 0.3) is 0 Å². The molecule has 2 aromatic heterocycles. The maximum Gasteiger partial charge on any atom is 0.346 e. The van der Waals surface area contributed by atoms with Crippen molar-refractivity contribution >= 4 is 23.1 Å². The van der Waals surface area contributed by atoms with Crippen LogP contribution in [0.3, 0.4) is 0 Å². The number of hydrogen-bond donors (Lipinski definition) is 1. The monoisotopic (exact) mass is 438 g/mol. The van der Waals surface area contributed by atoms with Gasteiger partial charge in [0.05, 0.1) is 17.5 Å². The van der Waals surface area contributed by atoms with Crippen molar-refractivity contribution in [3.05, 3.63) is 51.5 Å². The zero-order valence-electron chi connectivity index (χ0n) is 18.0. The molecule has 2 heterocycles. The number of carboxylic acids is 1. The summed E-state index contributed by atoms with van der Waals surface area (Å²) in [5.41, 5.74) is 5.23. The quantitative estimate of drug-likeness (QED) is 0.355. The molecule has 0 bridgehead atoms. The van der Waals surface area contributed by atoms with Crippen LogP contribution in [-0.2, 0) is 19.9 Å². The Hall–Kier alpha value is -2.93. The van der Waals surface area contributed by atoms with E-state index in [9.17, 15) is 14.7 Å². The first kappa shape index (κ1) is 21.3. The van der Waals surface area contributed by atoms with E-state index in [1.165, 1.54) is 0 Å². The molecule has 1 aromatic carbocycles. The minimum atomic E-state index is -0.939. The third-order valence-corrected chi connectivity index (χ3v) is 6.88. The van der Waals surface area contributed by atoms with E-state index < -0.39 is 5.97 Å².